The SMILES string of the molecule is CC(C)(C)OC(=O)N1CCC(OC2=NS(=O)(=O)c3ccccc32)CC1. The first-order valence-electron chi connectivity index (χ1n) is 8.25. The van der Waals surface area contributed by atoms with Crippen LogP contribution in [0.15, 0.2) is 33.6 Å². The molecule has 7 nitrogen and oxygen atoms in total. The summed E-state index contributed by atoms with van der Waals surface area (Å²) < 4.78 is 39.0. The third kappa shape index (κ3) is 3.95. The molecule has 0 spiro atoms. The fraction of sp³-hybridized carbons (Fsp3) is 0.529. The lowest BCUT2D eigenvalue weighted by atomic mass is 10.1. The zero-order valence-electron chi connectivity index (χ0n) is 14.6. The van der Waals surface area contributed by atoms with Gasteiger partial charge in [-0.2, -0.15) is 8.42 Å². The van der Waals surface area contributed by atoms with Crippen molar-refractivity contribution in [1.82, 2.24) is 4.90 Å². The lowest BCUT2D eigenvalue weighted by Crippen LogP contribution is -2.43. The van der Waals surface area contributed by atoms with Gasteiger partial charge in [0.15, 0.2) is 0 Å². The number of nitrogens with zero attached hydrogens (tertiary/aromatic N) is 2. The van der Waals surface area contributed by atoms with E-state index in [-0.39, 0.29) is 23.0 Å². The van der Waals surface area contributed by atoms with Crippen LogP contribution in [0.1, 0.15) is 39.2 Å². The molecule has 3 rings (SSSR count). The van der Waals surface area contributed by atoms with Crippen molar-refractivity contribution in [3.63, 3.8) is 0 Å². The van der Waals surface area contributed by atoms with Crippen molar-refractivity contribution in [1.29, 1.82) is 0 Å². The van der Waals surface area contributed by atoms with Gasteiger partial charge in [-0.1, -0.05) is 12.1 Å². The molecule has 1 saturated heterocycles. The summed E-state index contributed by atoms with van der Waals surface area (Å²) in [5, 5.41) is 0. The number of piperidine rings is 1. The van der Waals surface area contributed by atoms with Gasteiger partial charge in [-0.25, -0.2) is 4.79 Å². The number of hydrogen-bond acceptors (Lipinski definition) is 5. The summed E-state index contributed by atoms with van der Waals surface area (Å²) in [6, 6.07) is 6.63. The van der Waals surface area contributed by atoms with Crippen LogP contribution in [0.2, 0.25) is 0 Å². The summed E-state index contributed by atoms with van der Waals surface area (Å²) in [4.78, 5) is 13.9. The second-order valence-electron chi connectivity index (χ2n) is 7.15. The van der Waals surface area contributed by atoms with E-state index in [4.69, 9.17) is 9.47 Å². The largest absolute Gasteiger partial charge is 0.473 e. The smallest absolute Gasteiger partial charge is 0.410 e. The molecule has 0 atom stereocenters. The Morgan fingerprint density at radius 2 is 1.84 bits per heavy atom. The van der Waals surface area contributed by atoms with Crippen LogP contribution in [0.5, 0.6) is 0 Å². The molecule has 8 heteroatoms. The second kappa shape index (κ2) is 6.33. The van der Waals surface area contributed by atoms with E-state index in [1.165, 1.54) is 6.07 Å². The Balaban J connectivity index is 1.61. The van der Waals surface area contributed by atoms with Crippen molar-refractivity contribution < 1.29 is 22.7 Å². The Morgan fingerprint density at radius 1 is 1.20 bits per heavy atom. The van der Waals surface area contributed by atoms with Crippen LogP contribution in [0.4, 0.5) is 4.79 Å². The van der Waals surface area contributed by atoms with Crippen LogP contribution < -0.4 is 0 Å². The van der Waals surface area contributed by atoms with Gasteiger partial charge in [0, 0.05) is 25.9 Å². The first kappa shape index (κ1) is 17.7. The van der Waals surface area contributed by atoms with E-state index in [0.29, 0.717) is 31.5 Å². The first-order chi connectivity index (χ1) is 11.7. The molecule has 2 aliphatic rings. The summed E-state index contributed by atoms with van der Waals surface area (Å²) in [6.07, 6.45) is 0.678. The third-order valence-corrected chi connectivity index (χ3v) is 5.29. The molecule has 1 amide bonds. The number of benzene rings is 1. The van der Waals surface area contributed by atoms with Gasteiger partial charge in [-0.3, -0.25) is 0 Å². The van der Waals surface area contributed by atoms with Crippen LogP contribution in [0.25, 0.3) is 0 Å². The molecule has 25 heavy (non-hydrogen) atoms. The highest BCUT2D eigenvalue weighted by molar-refractivity contribution is 7.90. The molecule has 1 aromatic carbocycles. The number of amides is 1. The number of sulfonamides is 1. The van der Waals surface area contributed by atoms with Gasteiger partial charge in [0.05, 0.1) is 5.56 Å². The van der Waals surface area contributed by atoms with Gasteiger partial charge in [0.25, 0.3) is 10.0 Å². The molecule has 0 radical (unpaired) electrons. The van der Waals surface area contributed by atoms with Gasteiger partial charge >= 0.3 is 6.09 Å². The van der Waals surface area contributed by atoms with E-state index >= 15 is 0 Å². The fourth-order valence-corrected chi connectivity index (χ4v) is 3.94. The van der Waals surface area contributed by atoms with Gasteiger partial charge in [0.1, 0.15) is 16.6 Å². The van der Waals surface area contributed by atoms with E-state index in [2.05, 4.69) is 4.40 Å². The fourth-order valence-electron chi connectivity index (χ4n) is 2.80. The zero-order valence-corrected chi connectivity index (χ0v) is 15.4. The number of hydrogen-bond donors (Lipinski definition) is 0. The van der Waals surface area contributed by atoms with Crippen molar-refractivity contribution >= 4 is 22.0 Å². The minimum absolute atomic E-state index is 0.145. The zero-order chi connectivity index (χ0) is 18.2. The predicted octanol–water partition coefficient (Wildman–Crippen LogP) is 2.55. The Kier molecular flexibility index (Phi) is 4.49. The predicted molar refractivity (Wildman–Crippen MR) is 92.1 cm³/mol. The van der Waals surface area contributed by atoms with Crippen molar-refractivity contribution in [2.45, 2.75) is 50.2 Å². The van der Waals surface area contributed by atoms with Crippen LogP contribution in [-0.2, 0) is 19.5 Å². The normalized spacial score (nSPS) is 20.0. The summed E-state index contributed by atoms with van der Waals surface area (Å²) in [6.45, 7) is 6.49. The number of rotatable bonds is 1. The van der Waals surface area contributed by atoms with Gasteiger partial charge < -0.3 is 14.4 Å². The Hall–Kier alpha value is -2.09. The minimum atomic E-state index is -3.67. The molecule has 2 aliphatic heterocycles. The quantitative estimate of drug-likeness (QED) is 0.762. The van der Waals surface area contributed by atoms with Crippen molar-refractivity contribution in [3.8, 4) is 0 Å². The van der Waals surface area contributed by atoms with Gasteiger partial charge in [-0.05, 0) is 32.9 Å². The summed E-state index contributed by atoms with van der Waals surface area (Å²) in [5.41, 5.74) is -0.0294. The maximum absolute atomic E-state index is 12.1. The number of likely N-dealkylation sites (tertiary alicyclic amines) is 1. The molecular weight excluding hydrogens is 344 g/mol. The summed E-state index contributed by atoms with van der Waals surface area (Å²) in [7, 11) is -3.67. The summed E-state index contributed by atoms with van der Waals surface area (Å²) >= 11 is 0. The lowest BCUT2D eigenvalue weighted by molar-refractivity contribution is 0.0116. The monoisotopic (exact) mass is 366 g/mol. The number of carbonyl (C=O) groups excluding carboxylic acids is 1. The van der Waals surface area contributed by atoms with Crippen molar-refractivity contribution in [2.24, 2.45) is 4.40 Å². The average molecular weight is 366 g/mol. The Morgan fingerprint density at radius 3 is 2.48 bits per heavy atom. The molecule has 0 unspecified atom stereocenters. The van der Waals surface area contributed by atoms with Gasteiger partial charge in [0.2, 0.25) is 5.90 Å². The molecule has 0 saturated carbocycles. The number of ether oxygens (including phenoxy) is 2. The van der Waals surface area contributed by atoms with Crippen LogP contribution in [-0.4, -0.2) is 50.1 Å². The molecule has 0 bridgehead atoms. The standard InChI is InChI=1S/C17H22N2O5S/c1-17(2,3)24-16(20)19-10-8-12(9-11-19)23-15-13-6-4-5-7-14(13)25(21,22)18-15/h4-7,12H,8-11H2,1-3H3. The highest BCUT2D eigenvalue weighted by Crippen LogP contribution is 2.28. The van der Waals surface area contributed by atoms with Crippen LogP contribution >= 0.6 is 0 Å². The third-order valence-electron chi connectivity index (χ3n) is 3.97. The molecule has 0 aliphatic carbocycles. The second-order valence-corrected chi connectivity index (χ2v) is 8.72. The first-order valence-corrected chi connectivity index (χ1v) is 9.69. The number of fused-ring (bicyclic) bond motifs is 1. The molecule has 1 fully saturated rings. The van der Waals surface area contributed by atoms with Gasteiger partial charge in [-0.15, -0.1) is 4.40 Å². The molecule has 136 valence electrons. The molecular formula is C17H22N2O5S. The maximum atomic E-state index is 12.1. The van der Waals surface area contributed by atoms with E-state index in [0.717, 1.165) is 0 Å². The minimum Gasteiger partial charge on any atom is -0.473 e. The number of carbonyl (C=O) groups is 1. The average Bonchev–Trinajstić information content (AvgIpc) is 2.78. The lowest BCUT2D eigenvalue weighted by Gasteiger charge is -2.33. The Bertz CT molecular complexity index is 803. The van der Waals surface area contributed by atoms with Crippen LogP contribution in [0, 0.1) is 0 Å². The van der Waals surface area contributed by atoms with E-state index in [1.54, 1.807) is 23.1 Å². The molecule has 0 aromatic heterocycles. The van der Waals surface area contributed by atoms with Crippen molar-refractivity contribution in [3.05, 3.63) is 29.8 Å². The van der Waals surface area contributed by atoms with E-state index in [9.17, 15) is 13.2 Å². The molecule has 2 heterocycles. The highest BCUT2D eigenvalue weighted by atomic mass is 32.2. The van der Waals surface area contributed by atoms with E-state index in [1.807, 2.05) is 20.8 Å². The molecule has 0 N–H and O–H groups in total. The maximum Gasteiger partial charge on any atom is 0.410 e. The summed E-state index contributed by atoms with van der Waals surface area (Å²) in [5.74, 6) is 0.145. The van der Waals surface area contributed by atoms with Crippen LogP contribution in [0.3, 0.4) is 0 Å². The van der Waals surface area contributed by atoms with Crippen molar-refractivity contribution in [2.75, 3.05) is 13.1 Å². The Labute approximate surface area is 147 Å². The highest BCUT2D eigenvalue weighted by Gasteiger charge is 2.33. The van der Waals surface area contributed by atoms with E-state index < -0.39 is 15.6 Å². The topological polar surface area (TPSA) is 85.3 Å². The molecule has 1 aromatic rings.